The van der Waals surface area contributed by atoms with Gasteiger partial charge in [-0.2, -0.15) is 5.10 Å². The Hall–Kier alpha value is -4.51. The molecule has 0 aliphatic rings. The molecule has 11 heteroatoms. The maximum Gasteiger partial charge on any atom is 0.347 e. The number of nitrogens with one attached hydrogen (secondary N) is 1. The molecule has 0 bridgehead atoms. The van der Waals surface area contributed by atoms with Crippen LogP contribution < -0.4 is 19.6 Å². The number of halogens is 1. The highest BCUT2D eigenvalue weighted by molar-refractivity contribution is 9.10. The zero-order chi connectivity index (χ0) is 30.9. The van der Waals surface area contributed by atoms with Crippen LogP contribution in [0.1, 0.15) is 54.0 Å². The summed E-state index contributed by atoms with van der Waals surface area (Å²) in [4.78, 5) is 24.6. The molecule has 0 unspecified atom stereocenters. The number of aryl methyl sites for hydroxylation is 2. The number of hydrazone groups is 1. The number of aromatic nitrogens is 1. The first-order valence-corrected chi connectivity index (χ1v) is 14.6. The fraction of sp³-hybridized carbons (Fsp3) is 0.281. The van der Waals surface area contributed by atoms with Crippen molar-refractivity contribution in [1.29, 1.82) is 0 Å². The van der Waals surface area contributed by atoms with Crippen molar-refractivity contribution in [3.05, 3.63) is 93.6 Å². The Balaban J connectivity index is 1.33. The average molecular weight is 653 g/mol. The lowest BCUT2D eigenvalue weighted by Crippen LogP contribution is -2.26. The van der Waals surface area contributed by atoms with E-state index in [4.69, 9.17) is 23.4 Å². The lowest BCUT2D eigenvalue weighted by molar-refractivity contribution is -0.150. The van der Waals surface area contributed by atoms with Gasteiger partial charge in [-0.1, -0.05) is 0 Å². The number of carbonyl (C=O) groups is 2. The highest BCUT2D eigenvalue weighted by Crippen LogP contribution is 2.37. The van der Waals surface area contributed by atoms with Gasteiger partial charge in [0.15, 0.2) is 23.4 Å². The molecule has 0 spiro atoms. The van der Waals surface area contributed by atoms with E-state index in [1.807, 2.05) is 31.2 Å². The van der Waals surface area contributed by atoms with Gasteiger partial charge in [0.1, 0.15) is 18.1 Å². The number of hydrogen-bond acceptors (Lipinski definition) is 8. The van der Waals surface area contributed by atoms with Crippen LogP contribution in [-0.2, 0) is 16.1 Å². The Bertz CT molecular complexity index is 1570. The second-order valence-electron chi connectivity index (χ2n) is 9.47. The Morgan fingerprint density at radius 1 is 1.00 bits per heavy atom. The van der Waals surface area contributed by atoms with Gasteiger partial charge in [0.2, 0.25) is 0 Å². The monoisotopic (exact) mass is 651 g/mol. The van der Waals surface area contributed by atoms with Crippen molar-refractivity contribution in [2.75, 3.05) is 13.2 Å². The number of nitrogens with zero attached hydrogens (tertiary/aromatic N) is 2. The van der Waals surface area contributed by atoms with E-state index in [1.54, 1.807) is 38.1 Å². The fourth-order valence-electron chi connectivity index (χ4n) is 4.24. The van der Waals surface area contributed by atoms with Gasteiger partial charge in [0.25, 0.3) is 0 Å². The van der Waals surface area contributed by atoms with Crippen LogP contribution in [0, 0.1) is 13.8 Å². The van der Waals surface area contributed by atoms with Crippen molar-refractivity contribution < 1.29 is 33.0 Å². The Labute approximate surface area is 258 Å². The summed E-state index contributed by atoms with van der Waals surface area (Å²) in [6.45, 7) is 10.1. The maximum absolute atomic E-state index is 12.6. The number of carbonyl (C=O) groups excluding carboxylic acids is 2. The van der Waals surface area contributed by atoms with Gasteiger partial charge in [0, 0.05) is 17.1 Å². The van der Waals surface area contributed by atoms with Crippen LogP contribution in [0.15, 0.2) is 74.7 Å². The minimum atomic E-state index is -0.831. The number of rotatable bonds is 13. The van der Waals surface area contributed by atoms with E-state index in [-0.39, 0.29) is 19.0 Å². The van der Waals surface area contributed by atoms with Crippen LogP contribution in [0.3, 0.4) is 0 Å². The van der Waals surface area contributed by atoms with Gasteiger partial charge in [0.05, 0.1) is 23.9 Å². The third-order valence-electron chi connectivity index (χ3n) is 6.26. The first kappa shape index (κ1) is 31.4. The quantitative estimate of drug-likeness (QED) is 0.0994. The molecule has 1 amide bonds. The standard InChI is InChI=1S/C32H34BrN3O7/c1-6-39-29-17-23(16-27(33)30(29)42-22(5)32(38)40-7-2)18-34-35-31(37)28-15-14-26(43-28)19-41-25-12-10-24(11-13-25)36-20(3)8-9-21(36)4/h8-18,22H,6-7,19H2,1-5H3,(H,35,37)/b34-18+/t22-/m1/s1. The van der Waals surface area contributed by atoms with Crippen molar-refractivity contribution in [1.82, 2.24) is 9.99 Å². The van der Waals surface area contributed by atoms with Crippen LogP contribution in [0.4, 0.5) is 0 Å². The molecule has 10 nitrogen and oxygen atoms in total. The zero-order valence-electron chi connectivity index (χ0n) is 24.7. The smallest absolute Gasteiger partial charge is 0.347 e. The molecule has 2 heterocycles. The van der Waals surface area contributed by atoms with Crippen LogP contribution in [0.5, 0.6) is 17.2 Å². The second kappa shape index (κ2) is 14.6. The minimum Gasteiger partial charge on any atom is -0.490 e. The summed E-state index contributed by atoms with van der Waals surface area (Å²) < 4.78 is 30.7. The molecular formula is C32H34BrN3O7. The molecule has 1 atom stereocenters. The van der Waals surface area contributed by atoms with E-state index in [0.29, 0.717) is 39.7 Å². The zero-order valence-corrected chi connectivity index (χ0v) is 26.3. The first-order chi connectivity index (χ1) is 20.7. The molecule has 4 rings (SSSR count). The lowest BCUT2D eigenvalue weighted by Gasteiger charge is -2.18. The summed E-state index contributed by atoms with van der Waals surface area (Å²) in [7, 11) is 0. The molecule has 0 radical (unpaired) electrons. The number of furan rings is 1. The number of benzene rings is 2. The molecule has 0 saturated carbocycles. The molecule has 2 aromatic carbocycles. The van der Waals surface area contributed by atoms with Crippen molar-refractivity contribution in [3.8, 4) is 22.9 Å². The molecule has 0 aliphatic heterocycles. The van der Waals surface area contributed by atoms with Crippen LogP contribution in [0.2, 0.25) is 0 Å². The average Bonchev–Trinajstić information content (AvgIpc) is 3.60. The van der Waals surface area contributed by atoms with Crippen molar-refractivity contribution in [2.45, 2.75) is 47.3 Å². The van der Waals surface area contributed by atoms with Gasteiger partial charge in [-0.3, -0.25) is 4.79 Å². The third kappa shape index (κ3) is 8.07. The summed E-state index contributed by atoms with van der Waals surface area (Å²) in [5, 5.41) is 4.04. The Morgan fingerprint density at radius 3 is 2.40 bits per heavy atom. The summed E-state index contributed by atoms with van der Waals surface area (Å²) in [5.41, 5.74) is 6.44. The molecule has 0 fully saturated rings. The predicted molar refractivity (Wildman–Crippen MR) is 165 cm³/mol. The van der Waals surface area contributed by atoms with Crippen LogP contribution >= 0.6 is 15.9 Å². The van der Waals surface area contributed by atoms with E-state index in [0.717, 1.165) is 17.1 Å². The SMILES string of the molecule is CCOC(=O)[C@@H](C)Oc1c(Br)cc(/C=N/NC(=O)c2ccc(COc3ccc(-n4c(C)ccc4C)cc3)o2)cc1OCC. The Kier molecular flexibility index (Phi) is 10.7. The first-order valence-electron chi connectivity index (χ1n) is 13.8. The van der Waals surface area contributed by atoms with Crippen molar-refractivity contribution in [2.24, 2.45) is 5.10 Å². The summed E-state index contributed by atoms with van der Waals surface area (Å²) in [5.74, 6) is 1.03. The molecule has 43 heavy (non-hydrogen) atoms. The summed E-state index contributed by atoms with van der Waals surface area (Å²) >= 11 is 3.46. The third-order valence-corrected chi connectivity index (χ3v) is 6.85. The molecule has 0 aliphatic carbocycles. The maximum atomic E-state index is 12.6. The van der Waals surface area contributed by atoms with Crippen molar-refractivity contribution >= 4 is 34.0 Å². The number of esters is 1. The molecule has 4 aromatic rings. The summed E-state index contributed by atoms with van der Waals surface area (Å²) in [6.07, 6.45) is 0.624. The predicted octanol–water partition coefficient (Wildman–Crippen LogP) is 6.52. The second-order valence-corrected chi connectivity index (χ2v) is 10.3. The minimum absolute atomic E-state index is 0.0949. The summed E-state index contributed by atoms with van der Waals surface area (Å²) in [6, 6.07) is 18.6. The van der Waals surface area contributed by atoms with E-state index in [2.05, 4.69) is 57.0 Å². The highest BCUT2D eigenvalue weighted by Gasteiger charge is 2.21. The fourth-order valence-corrected chi connectivity index (χ4v) is 4.80. The number of amides is 1. The van der Waals surface area contributed by atoms with Crippen LogP contribution in [0.25, 0.3) is 5.69 Å². The highest BCUT2D eigenvalue weighted by atomic mass is 79.9. The number of hydrogen-bond donors (Lipinski definition) is 1. The Morgan fingerprint density at radius 2 is 1.72 bits per heavy atom. The van der Waals surface area contributed by atoms with E-state index >= 15 is 0 Å². The lowest BCUT2D eigenvalue weighted by atomic mass is 10.2. The van der Waals surface area contributed by atoms with Crippen molar-refractivity contribution in [3.63, 3.8) is 0 Å². The van der Waals surface area contributed by atoms with Gasteiger partial charge in [-0.15, -0.1) is 0 Å². The van der Waals surface area contributed by atoms with Gasteiger partial charge >= 0.3 is 11.9 Å². The topological polar surface area (TPSA) is 114 Å². The van der Waals surface area contributed by atoms with E-state index < -0.39 is 18.0 Å². The normalized spacial score (nSPS) is 11.8. The molecular weight excluding hydrogens is 618 g/mol. The van der Waals surface area contributed by atoms with Gasteiger partial charge in [-0.25, -0.2) is 10.2 Å². The molecule has 1 N–H and O–H groups in total. The van der Waals surface area contributed by atoms with E-state index in [1.165, 1.54) is 6.21 Å². The molecule has 226 valence electrons. The largest absolute Gasteiger partial charge is 0.490 e. The van der Waals surface area contributed by atoms with Crippen LogP contribution in [-0.4, -0.2) is 42.0 Å². The molecule has 0 saturated heterocycles. The van der Waals surface area contributed by atoms with E-state index in [9.17, 15) is 9.59 Å². The molecule has 2 aromatic heterocycles. The van der Waals surface area contributed by atoms with Gasteiger partial charge in [-0.05, 0) is 117 Å². The van der Waals surface area contributed by atoms with Gasteiger partial charge < -0.3 is 27.9 Å². The number of ether oxygens (including phenoxy) is 4.